The first kappa shape index (κ1) is 11.0. The number of rotatable bonds is 2. The Bertz CT molecular complexity index is 400. The molecule has 0 saturated heterocycles. The smallest absolute Gasteiger partial charge is 0.269 e. The van der Waals surface area contributed by atoms with Gasteiger partial charge in [-0.3, -0.25) is 4.79 Å². The molecule has 1 N–H and O–H groups in total. The topological polar surface area (TPSA) is 42.0 Å². The molecule has 0 unspecified atom stereocenters. The number of halogens is 1. The van der Waals surface area contributed by atoms with E-state index in [-0.39, 0.29) is 17.6 Å². The van der Waals surface area contributed by atoms with Crippen molar-refractivity contribution in [3.8, 4) is 0 Å². The third kappa shape index (κ3) is 2.05. The zero-order valence-electron chi connectivity index (χ0n) is 9.29. The Labute approximate surface area is 94.1 Å². The second-order valence-electron chi connectivity index (χ2n) is 4.12. The number of carbonyl (C=O) groups excluding carboxylic acids is 1. The van der Waals surface area contributed by atoms with Gasteiger partial charge in [-0.15, -0.1) is 0 Å². The van der Waals surface area contributed by atoms with Crippen molar-refractivity contribution in [3.63, 3.8) is 0 Å². The second-order valence-corrected chi connectivity index (χ2v) is 4.12. The van der Waals surface area contributed by atoms with E-state index in [0.29, 0.717) is 11.4 Å². The zero-order chi connectivity index (χ0) is 11.5. The van der Waals surface area contributed by atoms with Crippen LogP contribution in [0.25, 0.3) is 0 Å². The molecule has 1 aliphatic carbocycles. The molecule has 0 atom stereocenters. The van der Waals surface area contributed by atoms with Gasteiger partial charge in [0, 0.05) is 13.0 Å². The summed E-state index contributed by atoms with van der Waals surface area (Å²) in [5, 5.41) is 2.49. The number of hydrogen-bond donors (Lipinski definition) is 1. The first-order valence-corrected chi connectivity index (χ1v) is 5.61. The van der Waals surface area contributed by atoms with Crippen molar-refractivity contribution in [2.24, 2.45) is 0 Å². The van der Waals surface area contributed by atoms with Crippen molar-refractivity contribution in [1.82, 2.24) is 10.3 Å². The van der Waals surface area contributed by atoms with Crippen molar-refractivity contribution in [2.45, 2.75) is 31.6 Å². The number of amides is 1. The van der Waals surface area contributed by atoms with Gasteiger partial charge < -0.3 is 5.32 Å². The molecule has 0 bridgehead atoms. The molecular formula is C12H15FN2O. The fourth-order valence-corrected chi connectivity index (χ4v) is 2.20. The molecule has 0 radical (unpaired) electrons. The Morgan fingerprint density at radius 2 is 2.12 bits per heavy atom. The van der Waals surface area contributed by atoms with Crippen LogP contribution < -0.4 is 5.32 Å². The molecule has 1 heterocycles. The number of nitrogens with one attached hydrogen (secondary N) is 1. The van der Waals surface area contributed by atoms with Crippen LogP contribution in [-0.4, -0.2) is 17.9 Å². The first-order chi connectivity index (χ1) is 7.72. The fraction of sp³-hybridized carbons (Fsp3) is 0.500. The molecule has 3 nitrogen and oxygen atoms in total. The summed E-state index contributed by atoms with van der Waals surface area (Å²) in [5.74, 6) is -0.372. The molecule has 0 aliphatic heterocycles. The summed E-state index contributed by atoms with van der Waals surface area (Å²) in [6.07, 6.45) is 4.19. The largest absolute Gasteiger partial charge is 0.354 e. The minimum atomic E-state index is -0.292. The van der Waals surface area contributed by atoms with Gasteiger partial charge in [0.2, 0.25) is 0 Å². The van der Waals surface area contributed by atoms with Crippen molar-refractivity contribution < 1.29 is 9.18 Å². The molecule has 1 aromatic heterocycles. The van der Waals surface area contributed by atoms with Crippen LogP contribution in [0.4, 0.5) is 4.39 Å². The fourth-order valence-electron chi connectivity index (χ4n) is 2.20. The molecule has 86 valence electrons. The highest BCUT2D eigenvalue weighted by atomic mass is 19.1. The van der Waals surface area contributed by atoms with Crippen LogP contribution in [0.15, 0.2) is 12.1 Å². The summed E-state index contributed by atoms with van der Waals surface area (Å²) in [7, 11) is 1.54. The summed E-state index contributed by atoms with van der Waals surface area (Å²) < 4.78 is 13.6. The van der Waals surface area contributed by atoms with Crippen LogP contribution in [0.2, 0.25) is 0 Å². The van der Waals surface area contributed by atoms with Gasteiger partial charge in [-0.2, -0.15) is 0 Å². The van der Waals surface area contributed by atoms with Crippen LogP contribution in [0.1, 0.15) is 47.8 Å². The normalized spacial score (nSPS) is 16.4. The van der Waals surface area contributed by atoms with Gasteiger partial charge in [-0.25, -0.2) is 9.37 Å². The predicted molar refractivity (Wildman–Crippen MR) is 58.8 cm³/mol. The van der Waals surface area contributed by atoms with Gasteiger partial charge in [-0.1, -0.05) is 12.8 Å². The van der Waals surface area contributed by atoms with Gasteiger partial charge in [0.1, 0.15) is 11.5 Å². The maximum atomic E-state index is 13.6. The first-order valence-electron chi connectivity index (χ1n) is 5.61. The molecule has 16 heavy (non-hydrogen) atoms. The van der Waals surface area contributed by atoms with E-state index in [1.807, 2.05) is 0 Å². The Morgan fingerprint density at radius 1 is 1.44 bits per heavy atom. The number of nitrogens with zero attached hydrogens (tertiary/aromatic N) is 1. The quantitative estimate of drug-likeness (QED) is 0.833. The van der Waals surface area contributed by atoms with E-state index in [1.54, 1.807) is 7.05 Å². The third-order valence-electron chi connectivity index (χ3n) is 3.07. The van der Waals surface area contributed by atoms with Crippen LogP contribution in [0, 0.1) is 5.82 Å². The lowest BCUT2D eigenvalue weighted by Gasteiger charge is -2.10. The Hall–Kier alpha value is -1.45. The number of pyridine rings is 1. The zero-order valence-corrected chi connectivity index (χ0v) is 9.29. The Kier molecular flexibility index (Phi) is 3.17. The van der Waals surface area contributed by atoms with E-state index in [1.165, 1.54) is 12.1 Å². The van der Waals surface area contributed by atoms with Crippen LogP contribution in [0.3, 0.4) is 0 Å². The average molecular weight is 222 g/mol. The number of carbonyl (C=O) groups is 1. The van der Waals surface area contributed by atoms with Crippen LogP contribution >= 0.6 is 0 Å². The van der Waals surface area contributed by atoms with E-state index in [2.05, 4.69) is 10.3 Å². The predicted octanol–water partition coefficient (Wildman–Crippen LogP) is 2.24. The number of hydrogen-bond acceptors (Lipinski definition) is 2. The minimum absolute atomic E-state index is 0.185. The maximum Gasteiger partial charge on any atom is 0.269 e. The van der Waals surface area contributed by atoms with Crippen LogP contribution in [-0.2, 0) is 0 Å². The molecular weight excluding hydrogens is 207 g/mol. The Morgan fingerprint density at radius 3 is 2.75 bits per heavy atom. The van der Waals surface area contributed by atoms with Crippen molar-refractivity contribution in [2.75, 3.05) is 7.05 Å². The maximum absolute atomic E-state index is 13.6. The SMILES string of the molecule is CNC(=O)c1ccc(F)c(C2CCCC2)n1. The summed E-state index contributed by atoms with van der Waals surface area (Å²) in [6, 6.07) is 2.76. The highest BCUT2D eigenvalue weighted by molar-refractivity contribution is 5.92. The highest BCUT2D eigenvalue weighted by Gasteiger charge is 2.22. The van der Waals surface area contributed by atoms with Crippen molar-refractivity contribution >= 4 is 5.91 Å². The lowest BCUT2D eigenvalue weighted by Crippen LogP contribution is -2.20. The number of aromatic nitrogens is 1. The summed E-state index contributed by atoms with van der Waals surface area (Å²) in [5.41, 5.74) is 0.754. The molecule has 0 spiro atoms. The van der Waals surface area contributed by atoms with Gasteiger partial charge in [0.05, 0.1) is 5.69 Å². The molecule has 2 rings (SSSR count). The lowest BCUT2D eigenvalue weighted by atomic mass is 10.0. The molecule has 1 aromatic rings. The summed E-state index contributed by atoms with van der Waals surface area (Å²) in [4.78, 5) is 15.5. The molecule has 1 amide bonds. The molecule has 1 fully saturated rings. The molecule has 1 aliphatic rings. The van der Waals surface area contributed by atoms with Gasteiger partial charge in [0.25, 0.3) is 5.91 Å². The molecule has 0 aromatic carbocycles. The standard InChI is InChI=1S/C12H15FN2O/c1-14-12(16)10-7-6-9(13)11(15-10)8-4-2-3-5-8/h6-8H,2-5H2,1H3,(H,14,16). The third-order valence-corrected chi connectivity index (χ3v) is 3.07. The van der Waals surface area contributed by atoms with E-state index in [4.69, 9.17) is 0 Å². The molecule has 1 saturated carbocycles. The van der Waals surface area contributed by atoms with E-state index in [0.717, 1.165) is 25.7 Å². The summed E-state index contributed by atoms with van der Waals surface area (Å²) >= 11 is 0. The second kappa shape index (κ2) is 4.60. The Balaban J connectivity index is 2.32. The van der Waals surface area contributed by atoms with Crippen molar-refractivity contribution in [1.29, 1.82) is 0 Å². The van der Waals surface area contributed by atoms with E-state index >= 15 is 0 Å². The summed E-state index contributed by atoms with van der Waals surface area (Å²) in [6.45, 7) is 0. The molecule has 4 heteroatoms. The minimum Gasteiger partial charge on any atom is -0.354 e. The van der Waals surface area contributed by atoms with E-state index in [9.17, 15) is 9.18 Å². The van der Waals surface area contributed by atoms with Gasteiger partial charge in [0.15, 0.2) is 0 Å². The van der Waals surface area contributed by atoms with Crippen LogP contribution in [0.5, 0.6) is 0 Å². The van der Waals surface area contributed by atoms with E-state index < -0.39 is 0 Å². The van der Waals surface area contributed by atoms with Gasteiger partial charge in [-0.05, 0) is 25.0 Å². The lowest BCUT2D eigenvalue weighted by molar-refractivity contribution is 0.0957. The van der Waals surface area contributed by atoms with Crippen molar-refractivity contribution in [3.05, 3.63) is 29.3 Å². The highest BCUT2D eigenvalue weighted by Crippen LogP contribution is 2.34. The average Bonchev–Trinajstić information content (AvgIpc) is 2.82. The van der Waals surface area contributed by atoms with Gasteiger partial charge >= 0.3 is 0 Å². The monoisotopic (exact) mass is 222 g/mol.